The van der Waals surface area contributed by atoms with Crippen molar-refractivity contribution in [3.63, 3.8) is 0 Å². The Morgan fingerprint density at radius 1 is 1.05 bits per heavy atom. The van der Waals surface area contributed by atoms with E-state index in [9.17, 15) is 14.4 Å². The number of carbonyl (C=O) groups is 3. The standard InChI is InChI=1S/C16H31N3O3/c1-4-7-13(21)9-10-15(18-3)16(22)19-14(12(2)20)8-5-6-11-17/h14-15,18H,4-11,17H2,1-3H3,(H,19,22). The summed E-state index contributed by atoms with van der Waals surface area (Å²) < 4.78 is 0. The summed E-state index contributed by atoms with van der Waals surface area (Å²) in [5.41, 5.74) is 5.44. The van der Waals surface area contributed by atoms with Gasteiger partial charge in [-0.3, -0.25) is 14.4 Å². The van der Waals surface area contributed by atoms with Crippen LogP contribution >= 0.6 is 0 Å². The average molecular weight is 313 g/mol. The zero-order valence-corrected chi connectivity index (χ0v) is 14.1. The first-order valence-corrected chi connectivity index (χ1v) is 8.16. The molecule has 0 aromatic heterocycles. The lowest BCUT2D eigenvalue weighted by Gasteiger charge is -2.20. The molecule has 0 bridgehead atoms. The summed E-state index contributed by atoms with van der Waals surface area (Å²) in [5, 5.41) is 5.69. The number of nitrogens with two attached hydrogens (primary N) is 1. The van der Waals surface area contributed by atoms with Gasteiger partial charge in [0.25, 0.3) is 0 Å². The van der Waals surface area contributed by atoms with E-state index in [4.69, 9.17) is 5.73 Å². The number of hydrogen-bond donors (Lipinski definition) is 3. The zero-order valence-electron chi connectivity index (χ0n) is 14.1. The molecule has 0 heterocycles. The number of Topliss-reactive ketones (excluding diaryl/α,β-unsaturated/α-hetero) is 2. The van der Waals surface area contributed by atoms with Crippen molar-refractivity contribution in [2.45, 2.75) is 70.9 Å². The minimum absolute atomic E-state index is 0.0534. The molecule has 2 unspecified atom stereocenters. The van der Waals surface area contributed by atoms with Crippen LogP contribution in [0.25, 0.3) is 0 Å². The lowest BCUT2D eigenvalue weighted by atomic mass is 10.0. The minimum atomic E-state index is -0.471. The lowest BCUT2D eigenvalue weighted by molar-refractivity contribution is -0.128. The van der Waals surface area contributed by atoms with Gasteiger partial charge >= 0.3 is 0 Å². The SMILES string of the molecule is CCCC(=O)CCC(NC)C(=O)NC(CCCCN)C(C)=O. The quantitative estimate of drug-likeness (QED) is 0.439. The molecule has 0 aromatic rings. The molecule has 0 aliphatic carbocycles. The summed E-state index contributed by atoms with van der Waals surface area (Å²) >= 11 is 0. The summed E-state index contributed by atoms with van der Waals surface area (Å²) in [5.74, 6) is -0.108. The van der Waals surface area contributed by atoms with E-state index in [-0.39, 0.29) is 17.5 Å². The molecule has 2 atom stereocenters. The number of amides is 1. The van der Waals surface area contributed by atoms with Gasteiger partial charge in [-0.25, -0.2) is 0 Å². The third kappa shape index (κ3) is 8.89. The molecule has 0 aromatic carbocycles. The van der Waals surface area contributed by atoms with E-state index in [2.05, 4.69) is 10.6 Å². The van der Waals surface area contributed by atoms with E-state index in [0.29, 0.717) is 32.2 Å². The molecule has 22 heavy (non-hydrogen) atoms. The second kappa shape index (κ2) is 12.3. The van der Waals surface area contributed by atoms with Crippen LogP contribution in [0.1, 0.15) is 58.8 Å². The number of ketones is 2. The Morgan fingerprint density at radius 2 is 1.73 bits per heavy atom. The second-order valence-corrected chi connectivity index (χ2v) is 5.62. The van der Waals surface area contributed by atoms with Crippen molar-refractivity contribution < 1.29 is 14.4 Å². The van der Waals surface area contributed by atoms with Crippen molar-refractivity contribution in [2.75, 3.05) is 13.6 Å². The normalized spacial score (nSPS) is 13.5. The first kappa shape index (κ1) is 20.7. The predicted molar refractivity (Wildman–Crippen MR) is 87.5 cm³/mol. The van der Waals surface area contributed by atoms with Crippen molar-refractivity contribution in [3.05, 3.63) is 0 Å². The van der Waals surface area contributed by atoms with Gasteiger partial charge in [-0.05, 0) is 52.6 Å². The van der Waals surface area contributed by atoms with Gasteiger partial charge in [0.1, 0.15) is 5.78 Å². The highest BCUT2D eigenvalue weighted by Crippen LogP contribution is 2.06. The third-order valence-corrected chi connectivity index (χ3v) is 3.66. The lowest BCUT2D eigenvalue weighted by Crippen LogP contribution is -2.49. The van der Waals surface area contributed by atoms with Crippen molar-refractivity contribution >= 4 is 17.5 Å². The summed E-state index contributed by atoms with van der Waals surface area (Å²) in [6.07, 6.45) is 4.44. The van der Waals surface area contributed by atoms with E-state index in [1.807, 2.05) is 6.92 Å². The molecule has 0 spiro atoms. The molecular weight excluding hydrogens is 282 g/mol. The number of unbranched alkanes of at least 4 members (excludes halogenated alkanes) is 1. The van der Waals surface area contributed by atoms with Crippen LogP contribution in [0, 0.1) is 0 Å². The highest BCUT2D eigenvalue weighted by Gasteiger charge is 2.22. The van der Waals surface area contributed by atoms with Crippen LogP contribution < -0.4 is 16.4 Å². The van der Waals surface area contributed by atoms with E-state index in [1.165, 1.54) is 6.92 Å². The van der Waals surface area contributed by atoms with E-state index >= 15 is 0 Å². The molecule has 6 nitrogen and oxygen atoms in total. The molecule has 1 amide bonds. The summed E-state index contributed by atoms with van der Waals surface area (Å²) in [4.78, 5) is 35.4. The Balaban J connectivity index is 4.40. The number of carbonyl (C=O) groups excluding carboxylic acids is 3. The zero-order chi connectivity index (χ0) is 17.0. The summed E-state index contributed by atoms with van der Waals surface area (Å²) in [6, 6.07) is -0.918. The fourth-order valence-electron chi connectivity index (χ4n) is 2.26. The minimum Gasteiger partial charge on any atom is -0.345 e. The molecule has 0 saturated heterocycles. The van der Waals surface area contributed by atoms with Gasteiger partial charge in [0.15, 0.2) is 5.78 Å². The van der Waals surface area contributed by atoms with E-state index in [1.54, 1.807) is 7.05 Å². The Morgan fingerprint density at radius 3 is 2.23 bits per heavy atom. The molecule has 128 valence electrons. The number of likely N-dealkylation sites (N-methyl/N-ethyl adjacent to an activating group) is 1. The molecule has 6 heteroatoms. The molecule has 4 N–H and O–H groups in total. The number of hydrogen-bond acceptors (Lipinski definition) is 5. The second-order valence-electron chi connectivity index (χ2n) is 5.62. The van der Waals surface area contributed by atoms with Gasteiger partial charge in [-0.15, -0.1) is 0 Å². The van der Waals surface area contributed by atoms with Crippen LogP contribution in [0.15, 0.2) is 0 Å². The Labute approximate surface area is 133 Å². The fraction of sp³-hybridized carbons (Fsp3) is 0.812. The largest absolute Gasteiger partial charge is 0.345 e. The van der Waals surface area contributed by atoms with Crippen molar-refractivity contribution in [3.8, 4) is 0 Å². The van der Waals surface area contributed by atoms with Crippen molar-refractivity contribution in [2.24, 2.45) is 5.73 Å². The highest BCUT2D eigenvalue weighted by molar-refractivity contribution is 5.90. The molecule has 0 aliphatic rings. The molecule has 0 saturated carbocycles. The highest BCUT2D eigenvalue weighted by atomic mass is 16.2. The smallest absolute Gasteiger partial charge is 0.237 e. The van der Waals surface area contributed by atoms with Crippen LogP contribution in [0.3, 0.4) is 0 Å². The first-order valence-electron chi connectivity index (χ1n) is 8.16. The summed E-state index contributed by atoms with van der Waals surface area (Å²) in [6.45, 7) is 4.02. The third-order valence-electron chi connectivity index (χ3n) is 3.66. The van der Waals surface area contributed by atoms with Crippen LogP contribution in [0.2, 0.25) is 0 Å². The van der Waals surface area contributed by atoms with Crippen LogP contribution in [-0.2, 0) is 14.4 Å². The van der Waals surface area contributed by atoms with Crippen LogP contribution in [-0.4, -0.2) is 43.1 Å². The van der Waals surface area contributed by atoms with Crippen molar-refractivity contribution in [1.29, 1.82) is 0 Å². The molecule has 0 fully saturated rings. The topological polar surface area (TPSA) is 101 Å². The van der Waals surface area contributed by atoms with Crippen molar-refractivity contribution in [1.82, 2.24) is 10.6 Å². The predicted octanol–water partition coefficient (Wildman–Crippen LogP) is 0.927. The Bertz CT molecular complexity index is 359. The summed E-state index contributed by atoms with van der Waals surface area (Å²) in [7, 11) is 1.69. The maximum atomic E-state index is 12.2. The van der Waals surface area contributed by atoms with E-state index in [0.717, 1.165) is 19.3 Å². The van der Waals surface area contributed by atoms with Crippen LogP contribution in [0.5, 0.6) is 0 Å². The van der Waals surface area contributed by atoms with Gasteiger partial charge < -0.3 is 16.4 Å². The maximum Gasteiger partial charge on any atom is 0.237 e. The van der Waals surface area contributed by atoms with Gasteiger partial charge in [-0.1, -0.05) is 6.92 Å². The van der Waals surface area contributed by atoms with E-state index < -0.39 is 12.1 Å². The monoisotopic (exact) mass is 313 g/mol. The Hall–Kier alpha value is -1.27. The van der Waals surface area contributed by atoms with Crippen LogP contribution in [0.4, 0.5) is 0 Å². The molecular formula is C16H31N3O3. The first-order chi connectivity index (χ1) is 10.5. The molecule has 0 aliphatic heterocycles. The van der Waals surface area contributed by atoms with Gasteiger partial charge in [-0.2, -0.15) is 0 Å². The van der Waals surface area contributed by atoms with Gasteiger partial charge in [0.2, 0.25) is 5.91 Å². The number of rotatable bonds is 13. The average Bonchev–Trinajstić information content (AvgIpc) is 2.47. The maximum absolute atomic E-state index is 12.2. The Kier molecular flexibility index (Phi) is 11.6. The number of nitrogens with one attached hydrogen (secondary N) is 2. The fourth-order valence-corrected chi connectivity index (χ4v) is 2.26. The molecule has 0 radical (unpaired) electrons. The van der Waals surface area contributed by atoms with Gasteiger partial charge in [0.05, 0.1) is 12.1 Å². The van der Waals surface area contributed by atoms with Gasteiger partial charge in [0, 0.05) is 12.8 Å². The molecule has 0 rings (SSSR count).